The molecule has 136 valence electrons. The Hall–Kier alpha value is -1.73. The van der Waals surface area contributed by atoms with Crippen molar-refractivity contribution in [1.82, 2.24) is 9.97 Å². The van der Waals surface area contributed by atoms with Crippen molar-refractivity contribution in [3.8, 4) is 0 Å². The minimum atomic E-state index is -0.274. The summed E-state index contributed by atoms with van der Waals surface area (Å²) < 4.78 is 11.2. The number of carbonyl (C=O) groups is 1. The molecule has 2 unspecified atom stereocenters. The predicted octanol–water partition coefficient (Wildman–Crippen LogP) is 3.43. The molecule has 1 fully saturated rings. The van der Waals surface area contributed by atoms with Crippen LogP contribution in [0.1, 0.15) is 42.9 Å². The summed E-state index contributed by atoms with van der Waals surface area (Å²) in [7, 11) is 0. The van der Waals surface area contributed by atoms with Crippen molar-refractivity contribution in [2.24, 2.45) is 5.92 Å². The fourth-order valence-corrected chi connectivity index (χ4v) is 4.18. The molecule has 7 heteroatoms. The lowest BCUT2D eigenvalue weighted by molar-refractivity contribution is -0.00538. The number of thiophene rings is 1. The molecule has 3 heterocycles. The summed E-state index contributed by atoms with van der Waals surface area (Å²) >= 11 is 1.38. The van der Waals surface area contributed by atoms with E-state index in [1.54, 1.807) is 6.33 Å². The van der Waals surface area contributed by atoms with Crippen LogP contribution in [-0.4, -0.2) is 47.8 Å². The first-order valence-electron chi connectivity index (χ1n) is 8.68. The first-order chi connectivity index (χ1) is 11.9. The number of ether oxygens (including phenoxy) is 2. The summed E-state index contributed by atoms with van der Waals surface area (Å²) in [4.78, 5) is 25.0. The van der Waals surface area contributed by atoms with Crippen LogP contribution < -0.4 is 4.90 Å². The fourth-order valence-electron chi connectivity index (χ4n) is 3.15. The molecule has 0 aliphatic carbocycles. The first kappa shape index (κ1) is 18.1. The summed E-state index contributed by atoms with van der Waals surface area (Å²) in [6.45, 7) is 12.1. The number of fused-ring (bicyclic) bond motifs is 1. The minimum Gasteiger partial charge on any atom is -0.461 e. The maximum atomic E-state index is 12.4. The molecule has 1 aliphatic rings. The van der Waals surface area contributed by atoms with Crippen LogP contribution in [0.15, 0.2) is 6.33 Å². The van der Waals surface area contributed by atoms with Crippen molar-refractivity contribution < 1.29 is 14.3 Å². The van der Waals surface area contributed by atoms with Crippen LogP contribution in [0, 0.1) is 12.8 Å². The van der Waals surface area contributed by atoms with Crippen LogP contribution in [0.25, 0.3) is 10.2 Å². The third-order valence-corrected chi connectivity index (χ3v) is 5.34. The second-order valence-electron chi connectivity index (χ2n) is 7.09. The fraction of sp³-hybridized carbons (Fsp3) is 0.611. The van der Waals surface area contributed by atoms with Gasteiger partial charge in [-0.15, -0.1) is 11.3 Å². The molecule has 1 saturated heterocycles. The zero-order valence-electron chi connectivity index (χ0n) is 15.4. The number of nitrogens with zero attached hydrogens (tertiary/aromatic N) is 3. The third-order valence-electron chi connectivity index (χ3n) is 4.16. The Bertz CT molecular complexity index is 764. The molecule has 0 bridgehead atoms. The zero-order chi connectivity index (χ0) is 18.1. The molecule has 6 nitrogen and oxygen atoms in total. The molecule has 2 aromatic heterocycles. The topological polar surface area (TPSA) is 64.5 Å². The molecule has 0 N–H and O–H groups in total. The molecule has 0 amide bonds. The van der Waals surface area contributed by atoms with Gasteiger partial charge in [-0.3, -0.25) is 0 Å². The van der Waals surface area contributed by atoms with Crippen molar-refractivity contribution in [2.45, 2.75) is 46.8 Å². The number of carbonyl (C=O) groups excluding carboxylic acids is 1. The molecule has 0 saturated carbocycles. The lowest BCUT2D eigenvalue weighted by Gasteiger charge is -2.36. The van der Waals surface area contributed by atoms with Gasteiger partial charge in [0.15, 0.2) is 0 Å². The molecule has 2 atom stereocenters. The maximum absolute atomic E-state index is 12.4. The molecule has 0 radical (unpaired) electrons. The van der Waals surface area contributed by atoms with Gasteiger partial charge in [0.2, 0.25) is 0 Å². The Kier molecular flexibility index (Phi) is 5.24. The van der Waals surface area contributed by atoms with Crippen LogP contribution in [0.2, 0.25) is 0 Å². The summed E-state index contributed by atoms with van der Waals surface area (Å²) in [5.41, 5.74) is 0.899. The van der Waals surface area contributed by atoms with Gasteiger partial charge in [0.25, 0.3) is 0 Å². The molecule has 0 aromatic carbocycles. The van der Waals surface area contributed by atoms with Crippen LogP contribution in [0.4, 0.5) is 5.82 Å². The Morgan fingerprint density at radius 2 is 2.04 bits per heavy atom. The van der Waals surface area contributed by atoms with E-state index in [4.69, 9.17) is 9.47 Å². The number of morpholine rings is 1. The van der Waals surface area contributed by atoms with Crippen LogP contribution in [0.3, 0.4) is 0 Å². The molecule has 0 spiro atoms. The quantitative estimate of drug-likeness (QED) is 0.776. The Morgan fingerprint density at radius 1 is 1.36 bits per heavy atom. The Morgan fingerprint density at radius 3 is 2.68 bits per heavy atom. The van der Waals surface area contributed by atoms with Crippen molar-refractivity contribution in [1.29, 1.82) is 0 Å². The summed E-state index contributed by atoms with van der Waals surface area (Å²) in [5.74, 6) is 0.915. The van der Waals surface area contributed by atoms with Crippen molar-refractivity contribution in [2.75, 3.05) is 24.6 Å². The molecular formula is C18H25N3O3S. The van der Waals surface area contributed by atoms with Crippen molar-refractivity contribution >= 4 is 33.3 Å². The Labute approximate surface area is 152 Å². The normalized spacial score (nSPS) is 21.1. The van der Waals surface area contributed by atoms with E-state index in [9.17, 15) is 4.79 Å². The van der Waals surface area contributed by atoms with E-state index in [0.717, 1.165) is 34.7 Å². The highest BCUT2D eigenvalue weighted by molar-refractivity contribution is 7.20. The van der Waals surface area contributed by atoms with Gasteiger partial charge in [-0.25, -0.2) is 14.8 Å². The summed E-state index contributed by atoms with van der Waals surface area (Å²) in [6, 6.07) is 0. The average Bonchev–Trinajstić information content (AvgIpc) is 2.89. The summed E-state index contributed by atoms with van der Waals surface area (Å²) in [5, 5.41) is 0.949. The highest BCUT2D eigenvalue weighted by atomic mass is 32.1. The second kappa shape index (κ2) is 7.25. The van der Waals surface area contributed by atoms with Gasteiger partial charge >= 0.3 is 5.97 Å². The number of aromatic nitrogens is 2. The number of rotatable bonds is 4. The van der Waals surface area contributed by atoms with E-state index in [-0.39, 0.29) is 18.2 Å². The van der Waals surface area contributed by atoms with E-state index < -0.39 is 0 Å². The van der Waals surface area contributed by atoms with Crippen LogP contribution in [0.5, 0.6) is 0 Å². The van der Waals surface area contributed by atoms with E-state index in [1.165, 1.54) is 11.3 Å². The van der Waals surface area contributed by atoms with Gasteiger partial charge in [-0.05, 0) is 32.3 Å². The van der Waals surface area contributed by atoms with E-state index in [1.807, 2.05) is 20.8 Å². The molecule has 3 rings (SSSR count). The summed E-state index contributed by atoms with van der Waals surface area (Å²) in [6.07, 6.45) is 1.85. The maximum Gasteiger partial charge on any atom is 0.348 e. The number of hydrogen-bond donors (Lipinski definition) is 0. The number of esters is 1. The van der Waals surface area contributed by atoms with Crippen molar-refractivity contribution in [3.05, 3.63) is 16.8 Å². The highest BCUT2D eigenvalue weighted by Gasteiger charge is 2.27. The predicted molar refractivity (Wildman–Crippen MR) is 99.5 cm³/mol. The van der Waals surface area contributed by atoms with E-state index in [2.05, 4.69) is 28.7 Å². The van der Waals surface area contributed by atoms with E-state index in [0.29, 0.717) is 17.4 Å². The number of aryl methyl sites for hydroxylation is 1. The van der Waals surface area contributed by atoms with Gasteiger partial charge in [-0.2, -0.15) is 0 Å². The third kappa shape index (κ3) is 3.77. The Balaban J connectivity index is 1.97. The lowest BCUT2D eigenvalue weighted by atomic mass is 10.1. The standard InChI is InChI=1S/C18H25N3O3S/c1-10(2)8-23-18(22)15-13(5)14-16(19-9-20-17(14)25-15)21-6-11(3)24-12(4)7-21/h9-12H,6-8H2,1-5H3. The second-order valence-corrected chi connectivity index (χ2v) is 8.09. The first-order valence-corrected chi connectivity index (χ1v) is 9.50. The van der Waals surface area contributed by atoms with E-state index >= 15 is 0 Å². The highest BCUT2D eigenvalue weighted by Crippen LogP contribution is 2.36. The monoisotopic (exact) mass is 363 g/mol. The largest absolute Gasteiger partial charge is 0.461 e. The number of hydrogen-bond acceptors (Lipinski definition) is 7. The molecule has 2 aromatic rings. The molecular weight excluding hydrogens is 338 g/mol. The number of anilines is 1. The zero-order valence-corrected chi connectivity index (χ0v) is 16.2. The van der Waals surface area contributed by atoms with Gasteiger partial charge in [-0.1, -0.05) is 13.8 Å². The van der Waals surface area contributed by atoms with Crippen LogP contribution in [-0.2, 0) is 9.47 Å². The van der Waals surface area contributed by atoms with Gasteiger partial charge in [0.1, 0.15) is 21.9 Å². The van der Waals surface area contributed by atoms with Gasteiger partial charge < -0.3 is 14.4 Å². The molecule has 25 heavy (non-hydrogen) atoms. The van der Waals surface area contributed by atoms with Crippen LogP contribution >= 0.6 is 11.3 Å². The SMILES string of the molecule is Cc1c(C(=O)OCC(C)C)sc2ncnc(N3CC(C)OC(C)C3)c12. The molecule has 1 aliphatic heterocycles. The smallest absolute Gasteiger partial charge is 0.348 e. The van der Waals surface area contributed by atoms with Gasteiger partial charge in [0, 0.05) is 13.1 Å². The lowest BCUT2D eigenvalue weighted by Crippen LogP contribution is -2.46. The minimum absolute atomic E-state index is 0.142. The van der Waals surface area contributed by atoms with Gasteiger partial charge in [0.05, 0.1) is 24.2 Å². The van der Waals surface area contributed by atoms with Crippen molar-refractivity contribution in [3.63, 3.8) is 0 Å². The average molecular weight is 363 g/mol.